The Labute approximate surface area is 99.2 Å². The first-order chi connectivity index (χ1) is 8.15. The lowest BCUT2D eigenvalue weighted by Crippen LogP contribution is -2.51. The van der Waals surface area contributed by atoms with Gasteiger partial charge in [-0.3, -0.25) is 5.32 Å². The summed E-state index contributed by atoms with van der Waals surface area (Å²) in [5.41, 5.74) is -0.470. The summed E-state index contributed by atoms with van der Waals surface area (Å²) >= 11 is 0. The van der Waals surface area contributed by atoms with Crippen LogP contribution in [0.5, 0.6) is 0 Å². The highest BCUT2D eigenvalue weighted by Gasteiger charge is 2.34. The Morgan fingerprint density at radius 3 is 2.82 bits per heavy atom. The second-order valence-corrected chi connectivity index (χ2v) is 4.43. The molecular weight excluding hydrogens is 222 g/mol. The van der Waals surface area contributed by atoms with E-state index < -0.39 is 5.54 Å². The minimum Gasteiger partial charge on any atom is -0.394 e. The Hall–Kier alpha value is -1.63. The molecule has 0 radical (unpaired) electrons. The van der Waals surface area contributed by atoms with Gasteiger partial charge in [-0.05, 0) is 12.8 Å². The third-order valence-electron chi connectivity index (χ3n) is 3.18. The highest BCUT2D eigenvalue weighted by atomic mass is 16.3. The van der Waals surface area contributed by atoms with Gasteiger partial charge in [-0.1, -0.05) is 12.8 Å². The van der Waals surface area contributed by atoms with Gasteiger partial charge in [-0.25, -0.2) is 9.48 Å². The molecule has 1 aliphatic rings. The topological polar surface area (TPSA) is 92.1 Å². The number of amides is 2. The Kier molecular flexibility index (Phi) is 3.28. The number of urea groups is 1. The van der Waals surface area contributed by atoms with E-state index in [1.54, 1.807) is 7.05 Å². The van der Waals surface area contributed by atoms with Crippen molar-refractivity contribution in [3.8, 4) is 0 Å². The maximum atomic E-state index is 11.8. The van der Waals surface area contributed by atoms with Crippen LogP contribution in [0.3, 0.4) is 0 Å². The van der Waals surface area contributed by atoms with E-state index >= 15 is 0 Å². The Morgan fingerprint density at radius 1 is 1.59 bits per heavy atom. The summed E-state index contributed by atoms with van der Waals surface area (Å²) < 4.78 is 1.47. The lowest BCUT2D eigenvalue weighted by molar-refractivity contribution is 0.167. The van der Waals surface area contributed by atoms with Gasteiger partial charge in [0.05, 0.1) is 12.1 Å². The quantitative estimate of drug-likeness (QED) is 0.704. The lowest BCUT2D eigenvalue weighted by atomic mass is 9.99. The molecule has 2 rings (SSSR count). The molecule has 1 aromatic heterocycles. The van der Waals surface area contributed by atoms with Crippen LogP contribution < -0.4 is 10.6 Å². The summed E-state index contributed by atoms with van der Waals surface area (Å²) in [6, 6.07) is -0.350. The van der Waals surface area contributed by atoms with Gasteiger partial charge in [0.15, 0.2) is 0 Å². The highest BCUT2D eigenvalue weighted by molar-refractivity contribution is 5.88. The van der Waals surface area contributed by atoms with Crippen molar-refractivity contribution in [2.45, 2.75) is 31.2 Å². The number of aromatic nitrogens is 3. The van der Waals surface area contributed by atoms with Crippen LogP contribution in [0.4, 0.5) is 10.7 Å². The molecule has 94 valence electrons. The third kappa shape index (κ3) is 2.55. The van der Waals surface area contributed by atoms with Gasteiger partial charge in [0, 0.05) is 7.05 Å². The van der Waals surface area contributed by atoms with Crippen molar-refractivity contribution >= 4 is 12.0 Å². The Balaban J connectivity index is 1.95. The second kappa shape index (κ2) is 4.70. The molecule has 0 bridgehead atoms. The summed E-state index contributed by atoms with van der Waals surface area (Å²) in [6.07, 6.45) is 5.06. The number of aryl methyl sites for hydroxylation is 1. The highest BCUT2D eigenvalue weighted by Crippen LogP contribution is 2.29. The SMILES string of the molecule is Cn1ncnc1NC(=O)NC1(CO)CCCC1. The monoisotopic (exact) mass is 239 g/mol. The van der Waals surface area contributed by atoms with Crippen LogP contribution in [-0.2, 0) is 7.05 Å². The molecule has 0 spiro atoms. The minimum atomic E-state index is -0.470. The molecule has 0 aromatic carbocycles. The van der Waals surface area contributed by atoms with Crippen molar-refractivity contribution in [1.29, 1.82) is 0 Å². The van der Waals surface area contributed by atoms with E-state index in [1.165, 1.54) is 11.0 Å². The van der Waals surface area contributed by atoms with Crippen molar-refractivity contribution in [1.82, 2.24) is 20.1 Å². The van der Waals surface area contributed by atoms with E-state index in [0.29, 0.717) is 5.95 Å². The van der Waals surface area contributed by atoms with Gasteiger partial charge in [-0.15, -0.1) is 0 Å². The summed E-state index contributed by atoms with van der Waals surface area (Å²) in [5, 5.41) is 18.7. The summed E-state index contributed by atoms with van der Waals surface area (Å²) in [4.78, 5) is 15.7. The predicted octanol–water partition coefficient (Wildman–Crippen LogP) is 0.242. The van der Waals surface area contributed by atoms with Crippen LogP contribution in [0.15, 0.2) is 6.33 Å². The van der Waals surface area contributed by atoms with Crippen molar-refractivity contribution in [3.05, 3.63) is 6.33 Å². The molecule has 0 unspecified atom stereocenters. The molecule has 0 atom stereocenters. The van der Waals surface area contributed by atoms with Gasteiger partial charge in [0.1, 0.15) is 6.33 Å². The molecule has 2 amide bonds. The molecular formula is C10H17N5O2. The number of hydrogen-bond donors (Lipinski definition) is 3. The van der Waals surface area contributed by atoms with Crippen LogP contribution in [0.2, 0.25) is 0 Å². The number of nitrogens with one attached hydrogen (secondary N) is 2. The molecule has 1 aliphatic carbocycles. The predicted molar refractivity (Wildman–Crippen MR) is 61.4 cm³/mol. The number of nitrogens with zero attached hydrogens (tertiary/aromatic N) is 3. The molecule has 1 aromatic rings. The first kappa shape index (κ1) is 11.8. The van der Waals surface area contributed by atoms with E-state index in [-0.39, 0.29) is 12.6 Å². The van der Waals surface area contributed by atoms with E-state index in [2.05, 4.69) is 20.7 Å². The smallest absolute Gasteiger partial charge is 0.322 e. The van der Waals surface area contributed by atoms with Crippen LogP contribution in [0, 0.1) is 0 Å². The van der Waals surface area contributed by atoms with Crippen molar-refractivity contribution in [3.63, 3.8) is 0 Å². The summed E-state index contributed by atoms with van der Waals surface area (Å²) in [6.45, 7) is -0.0285. The Bertz CT molecular complexity index is 397. The fourth-order valence-electron chi connectivity index (χ4n) is 2.16. The van der Waals surface area contributed by atoms with Crippen LogP contribution in [0.25, 0.3) is 0 Å². The Morgan fingerprint density at radius 2 is 2.29 bits per heavy atom. The second-order valence-electron chi connectivity index (χ2n) is 4.43. The molecule has 1 fully saturated rings. The molecule has 17 heavy (non-hydrogen) atoms. The van der Waals surface area contributed by atoms with Gasteiger partial charge in [0.25, 0.3) is 0 Å². The van der Waals surface area contributed by atoms with E-state index in [1.807, 2.05) is 0 Å². The third-order valence-corrected chi connectivity index (χ3v) is 3.18. The molecule has 1 heterocycles. The van der Waals surface area contributed by atoms with Crippen molar-refractivity contribution in [2.24, 2.45) is 7.05 Å². The van der Waals surface area contributed by atoms with Crippen molar-refractivity contribution < 1.29 is 9.90 Å². The zero-order valence-corrected chi connectivity index (χ0v) is 9.81. The molecule has 7 heteroatoms. The number of anilines is 1. The largest absolute Gasteiger partial charge is 0.394 e. The van der Waals surface area contributed by atoms with Crippen LogP contribution in [0.1, 0.15) is 25.7 Å². The number of rotatable bonds is 3. The van der Waals surface area contributed by atoms with Gasteiger partial charge >= 0.3 is 6.03 Å². The normalized spacial score (nSPS) is 18.0. The standard InChI is InChI=1S/C10H17N5O2/c1-15-8(11-7-12-15)13-9(17)14-10(6-16)4-2-3-5-10/h7,16H,2-6H2,1H3,(H2,11,12,13,14,17). The summed E-state index contributed by atoms with van der Waals surface area (Å²) in [5.74, 6) is 0.383. The zero-order chi connectivity index (χ0) is 12.3. The molecule has 3 N–H and O–H groups in total. The average molecular weight is 239 g/mol. The van der Waals surface area contributed by atoms with Crippen LogP contribution >= 0.6 is 0 Å². The fraction of sp³-hybridized carbons (Fsp3) is 0.700. The molecule has 7 nitrogen and oxygen atoms in total. The fourth-order valence-corrected chi connectivity index (χ4v) is 2.16. The van der Waals surface area contributed by atoms with Gasteiger partial charge in [0.2, 0.25) is 5.95 Å². The first-order valence-corrected chi connectivity index (χ1v) is 5.69. The number of aliphatic hydroxyl groups is 1. The zero-order valence-electron chi connectivity index (χ0n) is 9.81. The van der Waals surface area contributed by atoms with E-state index in [9.17, 15) is 9.90 Å². The maximum absolute atomic E-state index is 11.8. The number of carbonyl (C=O) groups excluding carboxylic acids is 1. The molecule has 0 aliphatic heterocycles. The van der Waals surface area contributed by atoms with Crippen molar-refractivity contribution in [2.75, 3.05) is 11.9 Å². The lowest BCUT2D eigenvalue weighted by Gasteiger charge is -2.27. The minimum absolute atomic E-state index is 0.0285. The maximum Gasteiger partial charge on any atom is 0.322 e. The van der Waals surface area contributed by atoms with E-state index in [4.69, 9.17) is 0 Å². The molecule has 0 saturated heterocycles. The first-order valence-electron chi connectivity index (χ1n) is 5.69. The summed E-state index contributed by atoms with van der Waals surface area (Å²) in [7, 11) is 1.69. The van der Waals surface area contributed by atoms with Gasteiger partial charge < -0.3 is 10.4 Å². The van der Waals surface area contributed by atoms with Crippen LogP contribution in [-0.4, -0.2) is 38.0 Å². The average Bonchev–Trinajstić information content (AvgIpc) is 2.90. The number of aliphatic hydroxyl groups excluding tert-OH is 1. The van der Waals surface area contributed by atoms with Gasteiger partial charge in [-0.2, -0.15) is 10.1 Å². The number of carbonyl (C=O) groups is 1. The van der Waals surface area contributed by atoms with E-state index in [0.717, 1.165) is 25.7 Å². The molecule has 1 saturated carbocycles. The number of hydrogen-bond acceptors (Lipinski definition) is 4.